The third kappa shape index (κ3) is 6.22. The van der Waals surface area contributed by atoms with E-state index in [4.69, 9.17) is 15.2 Å². The third-order valence-corrected chi connectivity index (χ3v) is 5.33. The van der Waals surface area contributed by atoms with Gasteiger partial charge in [-0.3, -0.25) is 9.69 Å². The van der Waals surface area contributed by atoms with Gasteiger partial charge in [0.1, 0.15) is 5.75 Å². The molecule has 8 heteroatoms. The van der Waals surface area contributed by atoms with Gasteiger partial charge in [-0.25, -0.2) is 0 Å². The van der Waals surface area contributed by atoms with E-state index in [9.17, 15) is 4.79 Å². The van der Waals surface area contributed by atoms with Crippen molar-refractivity contribution >= 4 is 30.7 Å². The number of amides is 1. The molecular formula is C19H31Cl2N3O3. The maximum atomic E-state index is 12.7. The number of carbonyl (C=O) groups excluding carboxylic acids is 1. The third-order valence-electron chi connectivity index (χ3n) is 5.33. The van der Waals surface area contributed by atoms with Gasteiger partial charge < -0.3 is 20.1 Å². The highest BCUT2D eigenvalue weighted by Crippen LogP contribution is 2.21. The lowest BCUT2D eigenvalue weighted by Gasteiger charge is -2.37. The summed E-state index contributed by atoms with van der Waals surface area (Å²) < 4.78 is 10.8. The van der Waals surface area contributed by atoms with E-state index in [-0.39, 0.29) is 42.7 Å². The Labute approximate surface area is 174 Å². The van der Waals surface area contributed by atoms with Gasteiger partial charge in [-0.2, -0.15) is 0 Å². The Morgan fingerprint density at radius 3 is 2.44 bits per heavy atom. The summed E-state index contributed by atoms with van der Waals surface area (Å²) in [5, 5.41) is 0. The summed E-state index contributed by atoms with van der Waals surface area (Å²) >= 11 is 0. The molecule has 1 aromatic carbocycles. The van der Waals surface area contributed by atoms with Crippen LogP contribution in [-0.4, -0.2) is 68.3 Å². The Bertz CT molecular complexity index is 577. The van der Waals surface area contributed by atoms with Crippen LogP contribution in [0.25, 0.3) is 0 Å². The normalized spacial score (nSPS) is 19.6. The molecule has 0 radical (unpaired) electrons. The Morgan fingerprint density at radius 2 is 1.81 bits per heavy atom. The summed E-state index contributed by atoms with van der Waals surface area (Å²) in [6.45, 7) is 5.50. The molecule has 3 rings (SSSR count). The van der Waals surface area contributed by atoms with E-state index in [1.165, 1.54) is 5.56 Å². The van der Waals surface area contributed by atoms with E-state index in [2.05, 4.69) is 11.0 Å². The number of halogens is 2. The SMILES string of the molecule is COc1ccccc1CN1CCN(C(=O)C(N)C2CCOCC2)CC1.Cl.Cl. The van der Waals surface area contributed by atoms with Gasteiger partial charge in [0.15, 0.2) is 0 Å². The van der Waals surface area contributed by atoms with E-state index >= 15 is 0 Å². The zero-order valence-electron chi connectivity index (χ0n) is 15.8. The van der Waals surface area contributed by atoms with Crippen LogP contribution in [0, 0.1) is 5.92 Å². The summed E-state index contributed by atoms with van der Waals surface area (Å²) in [6.07, 6.45) is 1.78. The van der Waals surface area contributed by atoms with Gasteiger partial charge in [-0.1, -0.05) is 18.2 Å². The van der Waals surface area contributed by atoms with E-state index < -0.39 is 0 Å². The molecule has 0 saturated carbocycles. The number of hydrogen-bond donors (Lipinski definition) is 1. The van der Waals surface area contributed by atoms with Crippen molar-refractivity contribution in [3.05, 3.63) is 29.8 Å². The molecule has 1 unspecified atom stereocenters. The van der Waals surface area contributed by atoms with Crippen LogP contribution in [0.4, 0.5) is 0 Å². The predicted octanol–water partition coefficient (Wildman–Crippen LogP) is 1.94. The molecule has 2 N–H and O–H groups in total. The first-order chi connectivity index (χ1) is 12.2. The number of piperazine rings is 1. The maximum Gasteiger partial charge on any atom is 0.239 e. The van der Waals surface area contributed by atoms with E-state index in [1.807, 2.05) is 23.1 Å². The molecule has 27 heavy (non-hydrogen) atoms. The molecule has 2 saturated heterocycles. The number of hydrogen-bond acceptors (Lipinski definition) is 5. The average molecular weight is 420 g/mol. The molecule has 2 fully saturated rings. The van der Waals surface area contributed by atoms with Crippen LogP contribution in [-0.2, 0) is 16.1 Å². The molecular weight excluding hydrogens is 389 g/mol. The van der Waals surface area contributed by atoms with Gasteiger partial charge in [-0.15, -0.1) is 24.8 Å². The van der Waals surface area contributed by atoms with Crippen molar-refractivity contribution in [2.45, 2.75) is 25.4 Å². The van der Waals surface area contributed by atoms with Gasteiger partial charge in [0.2, 0.25) is 5.91 Å². The van der Waals surface area contributed by atoms with Crippen LogP contribution in [0.3, 0.4) is 0 Å². The lowest BCUT2D eigenvalue weighted by atomic mass is 9.91. The van der Waals surface area contributed by atoms with Crippen LogP contribution < -0.4 is 10.5 Å². The summed E-state index contributed by atoms with van der Waals surface area (Å²) in [6, 6.07) is 7.71. The molecule has 154 valence electrons. The van der Waals surface area contributed by atoms with Gasteiger partial charge in [0.05, 0.1) is 13.2 Å². The quantitative estimate of drug-likeness (QED) is 0.789. The fourth-order valence-electron chi connectivity index (χ4n) is 3.69. The molecule has 1 amide bonds. The topological polar surface area (TPSA) is 68.0 Å². The van der Waals surface area contributed by atoms with Gasteiger partial charge >= 0.3 is 0 Å². The minimum Gasteiger partial charge on any atom is -0.496 e. The number of nitrogens with two attached hydrogens (primary N) is 1. The summed E-state index contributed by atoms with van der Waals surface area (Å²) in [7, 11) is 1.70. The number of benzene rings is 1. The standard InChI is InChI=1S/C19H29N3O3.2ClH/c1-24-17-5-3-2-4-16(17)14-21-8-10-22(11-9-21)19(23)18(20)15-6-12-25-13-7-15;;/h2-5,15,18H,6-14,20H2,1H3;2*1H. The van der Waals surface area contributed by atoms with Crippen molar-refractivity contribution in [2.75, 3.05) is 46.5 Å². The number of para-hydroxylation sites is 1. The van der Waals surface area contributed by atoms with Gasteiger partial charge in [0, 0.05) is 51.5 Å². The lowest BCUT2D eigenvalue weighted by molar-refractivity contribution is -0.136. The monoisotopic (exact) mass is 419 g/mol. The average Bonchev–Trinajstić information content (AvgIpc) is 2.68. The largest absolute Gasteiger partial charge is 0.496 e. The molecule has 0 bridgehead atoms. The highest BCUT2D eigenvalue weighted by atomic mass is 35.5. The predicted molar refractivity (Wildman–Crippen MR) is 111 cm³/mol. The fraction of sp³-hybridized carbons (Fsp3) is 0.632. The number of carbonyl (C=O) groups is 1. The number of nitrogens with zero attached hydrogens (tertiary/aromatic N) is 2. The van der Waals surface area contributed by atoms with E-state index in [0.29, 0.717) is 0 Å². The maximum absolute atomic E-state index is 12.7. The van der Waals surface area contributed by atoms with Crippen LogP contribution in [0.1, 0.15) is 18.4 Å². The van der Waals surface area contributed by atoms with Crippen molar-refractivity contribution in [3.63, 3.8) is 0 Å². The lowest BCUT2D eigenvalue weighted by Crippen LogP contribution is -2.55. The Hall–Kier alpha value is -1.05. The van der Waals surface area contributed by atoms with Crippen molar-refractivity contribution in [1.29, 1.82) is 0 Å². The first kappa shape index (κ1) is 24.0. The first-order valence-corrected chi connectivity index (χ1v) is 9.15. The fourth-order valence-corrected chi connectivity index (χ4v) is 3.69. The summed E-state index contributed by atoms with van der Waals surface area (Å²) in [4.78, 5) is 17.0. The van der Waals surface area contributed by atoms with Crippen LogP contribution >= 0.6 is 24.8 Å². The molecule has 1 atom stereocenters. The van der Waals surface area contributed by atoms with E-state index in [1.54, 1.807) is 7.11 Å². The highest BCUT2D eigenvalue weighted by molar-refractivity contribution is 5.85. The number of methoxy groups -OCH3 is 1. The molecule has 0 spiro atoms. The minimum atomic E-state index is -0.385. The Kier molecular flexibility index (Phi) is 10.4. The van der Waals surface area contributed by atoms with Crippen molar-refractivity contribution in [1.82, 2.24) is 9.80 Å². The van der Waals surface area contributed by atoms with Crippen LogP contribution in [0.5, 0.6) is 5.75 Å². The van der Waals surface area contributed by atoms with Crippen LogP contribution in [0.2, 0.25) is 0 Å². The zero-order valence-corrected chi connectivity index (χ0v) is 17.5. The highest BCUT2D eigenvalue weighted by Gasteiger charge is 2.31. The minimum absolute atomic E-state index is 0. The molecule has 6 nitrogen and oxygen atoms in total. The van der Waals surface area contributed by atoms with E-state index in [0.717, 1.165) is 64.5 Å². The molecule has 2 heterocycles. The molecule has 2 aliphatic rings. The van der Waals surface area contributed by atoms with Gasteiger partial charge in [0.25, 0.3) is 0 Å². The summed E-state index contributed by atoms with van der Waals surface area (Å²) in [5.41, 5.74) is 7.43. The van der Waals surface area contributed by atoms with Crippen LogP contribution in [0.15, 0.2) is 24.3 Å². The molecule has 0 aromatic heterocycles. The second kappa shape index (κ2) is 11.7. The molecule has 0 aliphatic carbocycles. The smallest absolute Gasteiger partial charge is 0.239 e. The number of ether oxygens (including phenoxy) is 2. The molecule has 1 aromatic rings. The van der Waals surface area contributed by atoms with Crippen molar-refractivity contribution < 1.29 is 14.3 Å². The van der Waals surface area contributed by atoms with Crippen molar-refractivity contribution in [2.24, 2.45) is 11.7 Å². The molecule has 2 aliphatic heterocycles. The summed E-state index contributed by atoms with van der Waals surface area (Å²) in [5.74, 6) is 1.28. The Balaban J connectivity index is 0.00000182. The number of rotatable bonds is 5. The second-order valence-corrected chi connectivity index (χ2v) is 6.89. The Morgan fingerprint density at radius 1 is 1.19 bits per heavy atom. The zero-order chi connectivity index (χ0) is 17.6. The van der Waals surface area contributed by atoms with Crippen molar-refractivity contribution in [3.8, 4) is 5.75 Å². The second-order valence-electron chi connectivity index (χ2n) is 6.89. The first-order valence-electron chi connectivity index (χ1n) is 9.15. The van der Waals surface area contributed by atoms with Gasteiger partial charge in [-0.05, 0) is 24.8 Å².